The highest BCUT2D eigenvalue weighted by molar-refractivity contribution is 5.99. The van der Waals surface area contributed by atoms with E-state index in [0.29, 0.717) is 18.2 Å². The van der Waals surface area contributed by atoms with E-state index in [9.17, 15) is 19.5 Å². The highest BCUT2D eigenvalue weighted by Gasteiger charge is 2.23. The lowest BCUT2D eigenvalue weighted by molar-refractivity contribution is 0.0949. The molecule has 0 aliphatic rings. The first-order valence-electron chi connectivity index (χ1n) is 9.41. The summed E-state index contributed by atoms with van der Waals surface area (Å²) >= 11 is 0. The van der Waals surface area contributed by atoms with Crippen LogP contribution in [0.4, 0.5) is 22.7 Å². The third-order valence-corrected chi connectivity index (χ3v) is 4.50. The summed E-state index contributed by atoms with van der Waals surface area (Å²) in [7, 11) is 0. The van der Waals surface area contributed by atoms with E-state index in [1.54, 1.807) is 30.3 Å². The molecule has 0 spiro atoms. The van der Waals surface area contributed by atoms with Crippen LogP contribution < -0.4 is 26.8 Å². The Balaban J connectivity index is 1.80. The van der Waals surface area contributed by atoms with Crippen molar-refractivity contribution < 1.29 is 9.90 Å². The number of amides is 1. The van der Waals surface area contributed by atoms with Gasteiger partial charge < -0.3 is 21.1 Å². The maximum absolute atomic E-state index is 12.3. The molecule has 3 aromatic carbocycles. The third-order valence-electron chi connectivity index (χ3n) is 4.50. The first kappa shape index (κ1) is 20.1. The Morgan fingerprint density at radius 1 is 0.931 bits per heavy atom. The molecule has 150 valence electrons. The van der Waals surface area contributed by atoms with Gasteiger partial charge in [-0.3, -0.25) is 14.4 Å². The van der Waals surface area contributed by atoms with Crippen molar-refractivity contribution in [2.24, 2.45) is 5.92 Å². The van der Waals surface area contributed by atoms with E-state index in [-0.39, 0.29) is 28.4 Å². The summed E-state index contributed by atoms with van der Waals surface area (Å²) in [5, 5.41) is 19.0. The molecule has 0 aliphatic carbocycles. The number of para-hydroxylation sites is 2. The second kappa shape index (κ2) is 8.60. The van der Waals surface area contributed by atoms with Gasteiger partial charge >= 0.3 is 0 Å². The fourth-order valence-electron chi connectivity index (χ4n) is 2.83. The SMILES string of the molecule is CC(C)CCNC(=O)c1cccc(Nc2c(Nc3ccccc3)c(=O)c2=O)c1O. The maximum atomic E-state index is 12.3. The lowest BCUT2D eigenvalue weighted by atomic mass is 10.1. The Morgan fingerprint density at radius 3 is 2.24 bits per heavy atom. The van der Waals surface area contributed by atoms with E-state index in [4.69, 9.17) is 0 Å². The summed E-state index contributed by atoms with van der Waals surface area (Å²) in [6.07, 6.45) is 0.822. The lowest BCUT2D eigenvalue weighted by Gasteiger charge is -2.16. The summed E-state index contributed by atoms with van der Waals surface area (Å²) in [6.45, 7) is 4.61. The van der Waals surface area contributed by atoms with E-state index < -0.39 is 16.8 Å². The van der Waals surface area contributed by atoms with Gasteiger partial charge in [-0.1, -0.05) is 38.1 Å². The van der Waals surface area contributed by atoms with Gasteiger partial charge in [0.15, 0.2) is 5.75 Å². The zero-order chi connectivity index (χ0) is 21.0. The number of benzene rings is 2. The van der Waals surface area contributed by atoms with E-state index in [1.807, 2.05) is 6.07 Å². The highest BCUT2D eigenvalue weighted by Crippen LogP contribution is 2.32. The van der Waals surface area contributed by atoms with E-state index in [0.717, 1.165) is 6.42 Å². The number of nitrogens with one attached hydrogen (secondary N) is 3. The van der Waals surface area contributed by atoms with Gasteiger partial charge in [0.1, 0.15) is 11.4 Å². The van der Waals surface area contributed by atoms with Crippen molar-refractivity contribution in [2.75, 3.05) is 17.2 Å². The molecule has 0 bridgehead atoms. The van der Waals surface area contributed by atoms with Crippen LogP contribution in [-0.4, -0.2) is 17.6 Å². The van der Waals surface area contributed by atoms with Crippen molar-refractivity contribution in [3.05, 3.63) is 74.5 Å². The van der Waals surface area contributed by atoms with E-state index in [2.05, 4.69) is 29.8 Å². The Bertz CT molecular complexity index is 1080. The standard InChI is InChI=1S/C22H23N3O4/c1-13(2)11-12-23-22(29)15-9-6-10-16(19(15)26)25-18-17(20(27)21(18)28)24-14-7-4-3-5-8-14/h3-10,13,24-26H,11-12H2,1-2H3,(H,23,29). The molecule has 0 atom stereocenters. The van der Waals surface area contributed by atoms with Crippen LogP contribution in [0.2, 0.25) is 0 Å². The molecular formula is C22H23N3O4. The largest absolute Gasteiger partial charge is 0.505 e. The Morgan fingerprint density at radius 2 is 1.59 bits per heavy atom. The zero-order valence-corrected chi connectivity index (χ0v) is 16.3. The van der Waals surface area contributed by atoms with Gasteiger partial charge in [0.25, 0.3) is 16.8 Å². The van der Waals surface area contributed by atoms with Gasteiger partial charge in [0, 0.05) is 12.2 Å². The molecule has 3 rings (SSSR count). The summed E-state index contributed by atoms with van der Waals surface area (Å²) in [4.78, 5) is 36.3. The molecular weight excluding hydrogens is 370 g/mol. The van der Waals surface area contributed by atoms with Crippen molar-refractivity contribution >= 4 is 28.7 Å². The fraction of sp³-hybridized carbons (Fsp3) is 0.227. The zero-order valence-electron chi connectivity index (χ0n) is 16.3. The second-order valence-electron chi connectivity index (χ2n) is 7.16. The number of hydrogen-bond donors (Lipinski definition) is 4. The smallest absolute Gasteiger partial charge is 0.255 e. The van der Waals surface area contributed by atoms with Crippen molar-refractivity contribution in [3.63, 3.8) is 0 Å². The van der Waals surface area contributed by atoms with Crippen LogP contribution >= 0.6 is 0 Å². The molecule has 29 heavy (non-hydrogen) atoms. The van der Waals surface area contributed by atoms with Crippen molar-refractivity contribution in [1.82, 2.24) is 5.32 Å². The summed E-state index contributed by atoms with van der Waals surface area (Å²) in [5.74, 6) is -0.241. The van der Waals surface area contributed by atoms with E-state index >= 15 is 0 Å². The molecule has 0 aromatic heterocycles. The lowest BCUT2D eigenvalue weighted by Crippen LogP contribution is -2.35. The number of hydrogen-bond acceptors (Lipinski definition) is 6. The predicted molar refractivity (Wildman–Crippen MR) is 114 cm³/mol. The van der Waals surface area contributed by atoms with Crippen LogP contribution in [0, 0.1) is 5.92 Å². The number of anilines is 4. The Labute approximate surface area is 168 Å². The first-order chi connectivity index (χ1) is 13.9. The molecule has 0 fully saturated rings. The summed E-state index contributed by atoms with van der Waals surface area (Å²) in [6, 6.07) is 13.6. The molecule has 0 unspecified atom stereocenters. The van der Waals surface area contributed by atoms with Crippen LogP contribution in [0.15, 0.2) is 58.1 Å². The minimum Gasteiger partial charge on any atom is -0.505 e. The van der Waals surface area contributed by atoms with Crippen LogP contribution in [0.3, 0.4) is 0 Å². The van der Waals surface area contributed by atoms with Gasteiger partial charge in [-0.25, -0.2) is 0 Å². The molecule has 4 N–H and O–H groups in total. The molecule has 7 heteroatoms. The van der Waals surface area contributed by atoms with Gasteiger partial charge in [0.05, 0.1) is 11.3 Å². The van der Waals surface area contributed by atoms with Gasteiger partial charge in [-0.2, -0.15) is 0 Å². The molecule has 3 aromatic rings. The fourth-order valence-corrected chi connectivity index (χ4v) is 2.83. The average Bonchev–Trinajstić information content (AvgIpc) is 2.71. The molecule has 0 aliphatic heterocycles. The highest BCUT2D eigenvalue weighted by atomic mass is 16.3. The molecule has 0 heterocycles. The van der Waals surface area contributed by atoms with E-state index in [1.165, 1.54) is 12.1 Å². The number of phenolic OH excluding ortho intramolecular Hbond substituents is 1. The third kappa shape index (κ3) is 4.45. The number of aromatic hydroxyl groups is 1. The van der Waals surface area contributed by atoms with Gasteiger partial charge in [-0.05, 0) is 36.6 Å². The predicted octanol–water partition coefficient (Wildman–Crippen LogP) is 3.25. The molecule has 7 nitrogen and oxygen atoms in total. The summed E-state index contributed by atoms with van der Waals surface area (Å²) < 4.78 is 0. The Hall–Kier alpha value is -3.61. The quantitative estimate of drug-likeness (QED) is 0.346. The Kier molecular flexibility index (Phi) is 5.97. The van der Waals surface area contributed by atoms with Crippen molar-refractivity contribution in [1.29, 1.82) is 0 Å². The molecule has 0 radical (unpaired) electrons. The number of carbonyl (C=O) groups is 1. The first-order valence-corrected chi connectivity index (χ1v) is 9.41. The number of phenols is 1. The second-order valence-corrected chi connectivity index (χ2v) is 7.16. The topological polar surface area (TPSA) is 108 Å². The van der Waals surface area contributed by atoms with Crippen LogP contribution in [0.1, 0.15) is 30.6 Å². The van der Waals surface area contributed by atoms with Crippen LogP contribution in [0.5, 0.6) is 5.75 Å². The number of carbonyl (C=O) groups excluding carboxylic acids is 1. The normalized spacial score (nSPS) is 10.9. The molecule has 0 saturated carbocycles. The maximum Gasteiger partial charge on any atom is 0.255 e. The minimum absolute atomic E-state index is 0.0477. The summed E-state index contributed by atoms with van der Waals surface area (Å²) in [5.41, 5.74) is -0.239. The number of rotatable bonds is 8. The van der Waals surface area contributed by atoms with Crippen LogP contribution in [-0.2, 0) is 0 Å². The minimum atomic E-state index is -0.686. The van der Waals surface area contributed by atoms with Crippen molar-refractivity contribution in [2.45, 2.75) is 20.3 Å². The van der Waals surface area contributed by atoms with Gasteiger partial charge in [-0.15, -0.1) is 0 Å². The molecule has 1 amide bonds. The molecule has 0 saturated heterocycles. The monoisotopic (exact) mass is 393 g/mol. The van der Waals surface area contributed by atoms with Crippen molar-refractivity contribution in [3.8, 4) is 5.75 Å². The average molecular weight is 393 g/mol. The van der Waals surface area contributed by atoms with Crippen LogP contribution in [0.25, 0.3) is 0 Å². The van der Waals surface area contributed by atoms with Gasteiger partial charge in [0.2, 0.25) is 0 Å².